The summed E-state index contributed by atoms with van der Waals surface area (Å²) in [6.45, 7) is 0. The van der Waals surface area contributed by atoms with Crippen molar-refractivity contribution in [3.8, 4) is 17.6 Å². The molecule has 0 N–H and O–H groups in total. The third-order valence-corrected chi connectivity index (χ3v) is 3.96. The molecule has 0 amide bonds. The lowest BCUT2D eigenvalue weighted by Crippen LogP contribution is -2.02. The third kappa shape index (κ3) is 3.81. The molecule has 0 aliphatic heterocycles. The molecular weight excluding hydrogens is 377 g/mol. The molecule has 122 valence electrons. The minimum Gasteiger partial charge on any atom is -0.493 e. The highest BCUT2D eigenvalue weighted by Gasteiger charge is 2.14. The first-order chi connectivity index (χ1) is 11.5. The van der Waals surface area contributed by atoms with Crippen molar-refractivity contribution < 1.29 is 18.7 Å². The van der Waals surface area contributed by atoms with Crippen LogP contribution in [0, 0.1) is 17.1 Å². The van der Waals surface area contributed by atoms with E-state index in [1.807, 2.05) is 6.07 Å². The molecular formula is C18H13BrFNO3. The molecule has 0 bridgehead atoms. The van der Waals surface area contributed by atoms with Crippen LogP contribution in [-0.4, -0.2) is 20.0 Å². The second-order valence-electron chi connectivity index (χ2n) is 4.73. The quantitative estimate of drug-likeness (QED) is 0.432. The summed E-state index contributed by atoms with van der Waals surface area (Å²) in [7, 11) is 3.01. The lowest BCUT2D eigenvalue weighted by atomic mass is 10.0. The van der Waals surface area contributed by atoms with Gasteiger partial charge in [-0.25, -0.2) is 4.39 Å². The van der Waals surface area contributed by atoms with Gasteiger partial charge >= 0.3 is 0 Å². The Morgan fingerprint density at radius 1 is 1.17 bits per heavy atom. The summed E-state index contributed by atoms with van der Waals surface area (Å²) in [6.07, 6.45) is 1.44. The molecule has 0 saturated heterocycles. The van der Waals surface area contributed by atoms with Gasteiger partial charge in [-0.05, 0) is 48.0 Å². The maximum absolute atomic E-state index is 13.0. The zero-order valence-corrected chi connectivity index (χ0v) is 14.6. The molecule has 0 aliphatic carbocycles. The van der Waals surface area contributed by atoms with Crippen molar-refractivity contribution in [1.82, 2.24) is 0 Å². The Bertz CT molecular complexity index is 839. The summed E-state index contributed by atoms with van der Waals surface area (Å²) in [6, 6.07) is 10.2. The fourth-order valence-corrected chi connectivity index (χ4v) is 2.48. The van der Waals surface area contributed by atoms with Crippen LogP contribution in [0.2, 0.25) is 0 Å². The molecule has 0 heterocycles. The van der Waals surface area contributed by atoms with Crippen molar-refractivity contribution in [3.63, 3.8) is 0 Å². The molecule has 0 radical (unpaired) electrons. The van der Waals surface area contributed by atoms with Gasteiger partial charge in [-0.3, -0.25) is 4.79 Å². The van der Waals surface area contributed by atoms with Crippen LogP contribution in [0.3, 0.4) is 0 Å². The van der Waals surface area contributed by atoms with Crippen LogP contribution < -0.4 is 9.47 Å². The maximum Gasteiger partial charge on any atom is 0.203 e. The smallest absolute Gasteiger partial charge is 0.203 e. The van der Waals surface area contributed by atoms with Gasteiger partial charge in [0.15, 0.2) is 11.5 Å². The van der Waals surface area contributed by atoms with Crippen molar-refractivity contribution in [2.75, 3.05) is 14.2 Å². The number of rotatable bonds is 5. The van der Waals surface area contributed by atoms with Crippen LogP contribution in [0.25, 0.3) is 6.08 Å². The number of benzene rings is 2. The second kappa shape index (κ2) is 7.75. The van der Waals surface area contributed by atoms with Crippen molar-refractivity contribution in [2.24, 2.45) is 0 Å². The van der Waals surface area contributed by atoms with Crippen LogP contribution in [0.4, 0.5) is 4.39 Å². The molecule has 2 rings (SSSR count). The van der Waals surface area contributed by atoms with Gasteiger partial charge in [-0.15, -0.1) is 0 Å². The molecule has 0 aliphatic rings. The van der Waals surface area contributed by atoms with Gasteiger partial charge in [-0.2, -0.15) is 5.26 Å². The van der Waals surface area contributed by atoms with Crippen LogP contribution >= 0.6 is 15.9 Å². The number of carbonyl (C=O) groups is 1. The van der Waals surface area contributed by atoms with Crippen molar-refractivity contribution in [1.29, 1.82) is 5.26 Å². The largest absolute Gasteiger partial charge is 0.493 e. The monoisotopic (exact) mass is 389 g/mol. The van der Waals surface area contributed by atoms with E-state index in [1.165, 1.54) is 44.6 Å². The number of carbonyl (C=O) groups excluding carboxylic acids is 1. The molecule has 6 heteroatoms. The average molecular weight is 390 g/mol. The van der Waals surface area contributed by atoms with E-state index in [4.69, 9.17) is 9.47 Å². The summed E-state index contributed by atoms with van der Waals surface area (Å²) in [5.74, 6) is 0.0548. The molecule has 24 heavy (non-hydrogen) atoms. The summed E-state index contributed by atoms with van der Waals surface area (Å²) >= 11 is 3.37. The van der Waals surface area contributed by atoms with Gasteiger partial charge in [0, 0.05) is 10.0 Å². The highest BCUT2D eigenvalue weighted by Crippen LogP contribution is 2.34. The van der Waals surface area contributed by atoms with E-state index < -0.39 is 11.6 Å². The molecule has 0 atom stereocenters. The number of nitriles is 1. The molecule has 0 fully saturated rings. The van der Waals surface area contributed by atoms with E-state index in [0.717, 1.165) is 0 Å². The van der Waals surface area contributed by atoms with E-state index in [1.54, 1.807) is 12.1 Å². The maximum atomic E-state index is 13.0. The predicted octanol–water partition coefficient (Wildman–Crippen LogP) is 4.40. The van der Waals surface area contributed by atoms with Crippen molar-refractivity contribution in [2.45, 2.75) is 0 Å². The van der Waals surface area contributed by atoms with Gasteiger partial charge < -0.3 is 9.47 Å². The van der Waals surface area contributed by atoms with Crippen LogP contribution in [-0.2, 0) is 0 Å². The summed E-state index contributed by atoms with van der Waals surface area (Å²) < 4.78 is 24.0. The topological polar surface area (TPSA) is 59.3 Å². The Morgan fingerprint density at radius 3 is 2.29 bits per heavy atom. The van der Waals surface area contributed by atoms with E-state index >= 15 is 0 Å². The highest BCUT2D eigenvalue weighted by molar-refractivity contribution is 9.10. The summed E-state index contributed by atoms with van der Waals surface area (Å²) in [4.78, 5) is 12.4. The SMILES string of the molecule is COc1cc(Br)c(/C=C(\C#N)C(=O)c2ccc(F)cc2)cc1OC. The Labute approximate surface area is 147 Å². The fourth-order valence-electron chi connectivity index (χ4n) is 2.04. The van der Waals surface area contributed by atoms with E-state index in [2.05, 4.69) is 15.9 Å². The number of Topliss-reactive ketones (excluding diaryl/α,β-unsaturated/α-hetero) is 1. The number of allylic oxidation sites excluding steroid dienone is 1. The summed E-state index contributed by atoms with van der Waals surface area (Å²) in [5, 5.41) is 9.31. The van der Waals surface area contributed by atoms with Crippen LogP contribution in [0.1, 0.15) is 15.9 Å². The lowest BCUT2D eigenvalue weighted by Gasteiger charge is -2.10. The molecule has 0 aromatic heterocycles. The van der Waals surface area contributed by atoms with E-state index in [0.29, 0.717) is 21.5 Å². The van der Waals surface area contributed by atoms with Crippen LogP contribution in [0.5, 0.6) is 11.5 Å². The van der Waals surface area contributed by atoms with Crippen LogP contribution in [0.15, 0.2) is 46.4 Å². The Balaban J connectivity index is 2.45. The van der Waals surface area contributed by atoms with Gasteiger partial charge in [0.05, 0.1) is 14.2 Å². The first kappa shape index (κ1) is 17.7. The highest BCUT2D eigenvalue weighted by atomic mass is 79.9. The van der Waals surface area contributed by atoms with Gasteiger partial charge in [0.25, 0.3) is 0 Å². The molecule has 2 aromatic rings. The number of ether oxygens (including phenoxy) is 2. The Kier molecular flexibility index (Phi) is 5.72. The van der Waals surface area contributed by atoms with Gasteiger partial charge in [0.1, 0.15) is 17.5 Å². The van der Waals surface area contributed by atoms with Crippen molar-refractivity contribution >= 4 is 27.8 Å². The number of nitrogens with zero attached hydrogens (tertiary/aromatic N) is 1. The number of halogens is 2. The van der Waals surface area contributed by atoms with E-state index in [9.17, 15) is 14.4 Å². The normalized spacial score (nSPS) is 10.9. The zero-order valence-electron chi connectivity index (χ0n) is 13.0. The lowest BCUT2D eigenvalue weighted by molar-refractivity contribution is 0.104. The molecule has 0 spiro atoms. The van der Waals surface area contributed by atoms with Gasteiger partial charge in [0.2, 0.25) is 5.78 Å². The van der Waals surface area contributed by atoms with Crippen molar-refractivity contribution in [3.05, 3.63) is 63.4 Å². The summed E-state index contributed by atoms with van der Waals surface area (Å²) in [5.41, 5.74) is 0.745. The molecule has 0 unspecified atom stereocenters. The average Bonchev–Trinajstić information content (AvgIpc) is 2.60. The number of methoxy groups -OCH3 is 2. The second-order valence-corrected chi connectivity index (χ2v) is 5.59. The number of ketones is 1. The standard InChI is InChI=1S/C18H13BrFNO3/c1-23-16-8-12(15(19)9-17(16)24-2)7-13(10-21)18(22)11-3-5-14(20)6-4-11/h3-9H,1-2H3/b13-7+. The van der Waals surface area contributed by atoms with Gasteiger partial charge in [-0.1, -0.05) is 15.9 Å². The molecule has 4 nitrogen and oxygen atoms in total. The Hall–Kier alpha value is -2.65. The number of hydrogen-bond acceptors (Lipinski definition) is 4. The zero-order chi connectivity index (χ0) is 17.7. The number of hydrogen-bond donors (Lipinski definition) is 0. The third-order valence-electron chi connectivity index (χ3n) is 3.27. The molecule has 0 saturated carbocycles. The molecule has 2 aromatic carbocycles. The minimum absolute atomic E-state index is 0.0745. The predicted molar refractivity (Wildman–Crippen MR) is 91.6 cm³/mol. The first-order valence-corrected chi connectivity index (χ1v) is 7.63. The first-order valence-electron chi connectivity index (χ1n) is 6.83. The minimum atomic E-state index is -0.487. The van der Waals surface area contributed by atoms with E-state index in [-0.39, 0.29) is 11.1 Å². The fraction of sp³-hybridized carbons (Fsp3) is 0.111. The Morgan fingerprint density at radius 2 is 1.75 bits per heavy atom.